The molecule has 16 heavy (non-hydrogen) atoms. The van der Waals surface area contributed by atoms with Crippen LogP contribution in [-0.4, -0.2) is 24.7 Å². The van der Waals surface area contributed by atoms with E-state index in [0.717, 1.165) is 6.42 Å². The van der Waals surface area contributed by atoms with Gasteiger partial charge in [-0.1, -0.05) is 38.5 Å². The van der Waals surface area contributed by atoms with E-state index < -0.39 is 10.1 Å². The summed E-state index contributed by atoms with van der Waals surface area (Å²) in [5.41, 5.74) is 0. The maximum atomic E-state index is 10.4. The van der Waals surface area contributed by atoms with Crippen molar-refractivity contribution in [2.24, 2.45) is 5.92 Å². The first-order valence-electron chi connectivity index (χ1n) is 5.05. The number of aliphatic hydroxyl groups excluding tert-OH is 1. The number of aliphatic hydroxyl groups is 1. The third kappa shape index (κ3) is 6.55. The Bertz CT molecular complexity index is 368. The maximum Gasteiger partial charge on any atom is 0.294 e. The van der Waals surface area contributed by atoms with Gasteiger partial charge in [0.15, 0.2) is 0 Å². The molecule has 1 aromatic carbocycles. The Morgan fingerprint density at radius 2 is 1.75 bits per heavy atom. The van der Waals surface area contributed by atoms with Crippen molar-refractivity contribution in [3.8, 4) is 0 Å². The molecule has 2 N–H and O–H groups in total. The number of hydrogen-bond acceptors (Lipinski definition) is 3. The van der Waals surface area contributed by atoms with Crippen LogP contribution in [0.3, 0.4) is 0 Å². The first kappa shape index (κ1) is 15.1. The summed E-state index contributed by atoms with van der Waals surface area (Å²) in [5, 5.41) is 8.33. The molecule has 0 saturated heterocycles. The van der Waals surface area contributed by atoms with Crippen LogP contribution >= 0.6 is 0 Å². The van der Waals surface area contributed by atoms with Gasteiger partial charge in [0.05, 0.1) is 4.90 Å². The molecule has 0 bridgehead atoms. The van der Waals surface area contributed by atoms with Gasteiger partial charge in [0.25, 0.3) is 10.1 Å². The summed E-state index contributed by atoms with van der Waals surface area (Å²) in [6.45, 7) is 4.43. The zero-order chi connectivity index (χ0) is 12.6. The smallest absolute Gasteiger partial charge is 0.294 e. The van der Waals surface area contributed by atoms with Crippen LogP contribution in [0.5, 0.6) is 0 Å². The van der Waals surface area contributed by atoms with E-state index in [9.17, 15) is 8.42 Å². The molecular weight excluding hydrogens is 228 g/mol. The first-order chi connectivity index (χ1) is 7.41. The molecule has 0 saturated carbocycles. The van der Waals surface area contributed by atoms with Gasteiger partial charge >= 0.3 is 0 Å². The van der Waals surface area contributed by atoms with Crippen LogP contribution < -0.4 is 0 Å². The minimum absolute atomic E-state index is 0.0741. The predicted molar refractivity (Wildman–Crippen MR) is 62.8 cm³/mol. The molecule has 0 heterocycles. The Morgan fingerprint density at radius 3 is 1.94 bits per heavy atom. The molecule has 0 aliphatic rings. The summed E-state index contributed by atoms with van der Waals surface area (Å²) in [5.74, 6) is 0.491. The molecule has 0 aliphatic carbocycles. The van der Waals surface area contributed by atoms with E-state index in [0.29, 0.717) is 12.5 Å². The van der Waals surface area contributed by atoms with Crippen LogP contribution in [0.1, 0.15) is 20.3 Å². The van der Waals surface area contributed by atoms with Crippen molar-refractivity contribution < 1.29 is 18.1 Å². The normalized spacial score (nSPS) is 12.5. The van der Waals surface area contributed by atoms with Crippen molar-refractivity contribution in [3.05, 3.63) is 30.3 Å². The van der Waals surface area contributed by atoms with E-state index in [1.165, 1.54) is 12.1 Å². The van der Waals surface area contributed by atoms with Gasteiger partial charge in [-0.2, -0.15) is 8.42 Å². The Kier molecular flexibility index (Phi) is 6.96. The molecule has 1 unspecified atom stereocenters. The summed E-state index contributed by atoms with van der Waals surface area (Å²) in [6, 6.07) is 7.42. The molecule has 0 fully saturated rings. The number of benzene rings is 1. The van der Waals surface area contributed by atoms with Gasteiger partial charge in [0.2, 0.25) is 0 Å². The highest BCUT2D eigenvalue weighted by molar-refractivity contribution is 7.85. The minimum atomic E-state index is -4.00. The van der Waals surface area contributed by atoms with E-state index in [1.54, 1.807) is 18.2 Å². The average Bonchev–Trinajstić information content (AvgIpc) is 2.29. The second-order valence-corrected chi connectivity index (χ2v) is 4.91. The maximum absolute atomic E-state index is 10.4. The molecule has 0 aromatic heterocycles. The molecule has 0 aliphatic heterocycles. The Balaban J connectivity index is 0.000000325. The molecule has 4 nitrogen and oxygen atoms in total. The molecule has 1 rings (SSSR count). The van der Waals surface area contributed by atoms with Crippen LogP contribution in [0.15, 0.2) is 35.2 Å². The number of hydrogen-bond donors (Lipinski definition) is 2. The van der Waals surface area contributed by atoms with Crippen molar-refractivity contribution in [2.75, 3.05) is 6.61 Å². The fourth-order valence-electron chi connectivity index (χ4n) is 0.722. The lowest BCUT2D eigenvalue weighted by molar-refractivity contribution is 0.234. The van der Waals surface area contributed by atoms with Gasteiger partial charge in [-0.3, -0.25) is 4.55 Å². The molecule has 5 heteroatoms. The average molecular weight is 246 g/mol. The van der Waals surface area contributed by atoms with Gasteiger partial charge in [-0.25, -0.2) is 0 Å². The zero-order valence-electron chi connectivity index (χ0n) is 9.50. The van der Waals surface area contributed by atoms with Gasteiger partial charge in [0, 0.05) is 6.61 Å². The van der Waals surface area contributed by atoms with Gasteiger partial charge < -0.3 is 5.11 Å². The topological polar surface area (TPSA) is 74.6 Å². The SMILES string of the molecule is CCC(C)CO.O=S(=O)(O)c1ccccc1. The first-order valence-corrected chi connectivity index (χ1v) is 6.49. The largest absolute Gasteiger partial charge is 0.396 e. The third-order valence-corrected chi connectivity index (χ3v) is 2.92. The summed E-state index contributed by atoms with van der Waals surface area (Å²) in [7, 11) is -4.00. The molecule has 0 spiro atoms. The van der Waals surface area contributed by atoms with E-state index >= 15 is 0 Å². The summed E-state index contributed by atoms with van der Waals surface area (Å²) >= 11 is 0. The monoisotopic (exact) mass is 246 g/mol. The standard InChI is InChI=1S/C6H6O3S.C5H12O/c7-10(8,9)6-4-2-1-3-5-6;1-3-5(2)4-6/h1-5H,(H,7,8,9);5-6H,3-4H2,1-2H3. The molecular formula is C11H18O4S. The molecule has 1 atom stereocenters. The lowest BCUT2D eigenvalue weighted by atomic mass is 10.1. The minimum Gasteiger partial charge on any atom is -0.396 e. The highest BCUT2D eigenvalue weighted by atomic mass is 32.2. The van der Waals surface area contributed by atoms with E-state index in [1.807, 2.05) is 6.92 Å². The van der Waals surface area contributed by atoms with Crippen LogP contribution in [0.4, 0.5) is 0 Å². The molecule has 92 valence electrons. The fourth-order valence-corrected chi connectivity index (χ4v) is 1.22. The highest BCUT2D eigenvalue weighted by Gasteiger charge is 2.05. The van der Waals surface area contributed by atoms with Gasteiger partial charge in [0.1, 0.15) is 0 Å². The summed E-state index contributed by atoms with van der Waals surface area (Å²) in [4.78, 5) is -0.0741. The van der Waals surface area contributed by atoms with E-state index in [4.69, 9.17) is 9.66 Å². The number of rotatable bonds is 3. The van der Waals surface area contributed by atoms with Crippen LogP contribution in [-0.2, 0) is 10.1 Å². The Labute approximate surface area is 96.7 Å². The lowest BCUT2D eigenvalue weighted by Crippen LogP contribution is -1.96. The molecule has 0 amide bonds. The van der Waals surface area contributed by atoms with Crippen molar-refractivity contribution in [2.45, 2.75) is 25.2 Å². The van der Waals surface area contributed by atoms with Gasteiger partial charge in [-0.15, -0.1) is 0 Å². The fraction of sp³-hybridized carbons (Fsp3) is 0.455. The van der Waals surface area contributed by atoms with Crippen molar-refractivity contribution in [1.82, 2.24) is 0 Å². The zero-order valence-corrected chi connectivity index (χ0v) is 10.3. The van der Waals surface area contributed by atoms with Crippen LogP contribution in [0.2, 0.25) is 0 Å². The van der Waals surface area contributed by atoms with Crippen LogP contribution in [0.25, 0.3) is 0 Å². The molecule has 1 aromatic rings. The highest BCUT2D eigenvalue weighted by Crippen LogP contribution is 2.05. The second-order valence-electron chi connectivity index (χ2n) is 3.48. The molecule has 0 radical (unpaired) electrons. The summed E-state index contributed by atoms with van der Waals surface area (Å²) < 4.78 is 29.2. The third-order valence-electron chi connectivity index (χ3n) is 2.05. The predicted octanol–water partition coefficient (Wildman–Crippen LogP) is 1.96. The quantitative estimate of drug-likeness (QED) is 0.799. The van der Waals surface area contributed by atoms with E-state index in [2.05, 4.69) is 6.92 Å². The Morgan fingerprint density at radius 1 is 1.25 bits per heavy atom. The van der Waals surface area contributed by atoms with Crippen molar-refractivity contribution in [1.29, 1.82) is 0 Å². The van der Waals surface area contributed by atoms with Crippen molar-refractivity contribution in [3.63, 3.8) is 0 Å². The Hall–Kier alpha value is -0.910. The van der Waals surface area contributed by atoms with E-state index in [-0.39, 0.29) is 4.90 Å². The van der Waals surface area contributed by atoms with Gasteiger partial charge in [-0.05, 0) is 18.1 Å². The van der Waals surface area contributed by atoms with Crippen LogP contribution in [0, 0.1) is 5.92 Å². The second kappa shape index (κ2) is 7.38. The van der Waals surface area contributed by atoms with Crippen molar-refractivity contribution >= 4 is 10.1 Å². The lowest BCUT2D eigenvalue weighted by Gasteiger charge is -1.98. The summed E-state index contributed by atoms with van der Waals surface area (Å²) in [6.07, 6.45) is 1.08.